The molecule has 1 aromatic rings. The number of hydrogen-bond donors (Lipinski definition) is 1. The number of nitrogens with one attached hydrogen (secondary N) is 1. The van der Waals surface area contributed by atoms with Crippen LogP contribution in [0.4, 0.5) is 0 Å². The predicted octanol–water partition coefficient (Wildman–Crippen LogP) is 2.15. The highest BCUT2D eigenvalue weighted by Crippen LogP contribution is 2.17. The van der Waals surface area contributed by atoms with Gasteiger partial charge in [-0.3, -0.25) is 4.90 Å². The molecule has 0 saturated carbocycles. The molecule has 0 spiro atoms. The number of methoxy groups -OCH3 is 1. The Morgan fingerprint density at radius 2 is 1.90 bits per heavy atom. The highest BCUT2D eigenvalue weighted by atomic mass is 16.5. The summed E-state index contributed by atoms with van der Waals surface area (Å²) in [4.78, 5) is 2.43. The van der Waals surface area contributed by atoms with E-state index in [1.807, 2.05) is 24.3 Å². The van der Waals surface area contributed by atoms with Crippen LogP contribution >= 0.6 is 0 Å². The van der Waals surface area contributed by atoms with Crippen LogP contribution in [0.2, 0.25) is 0 Å². The second-order valence-corrected chi connectivity index (χ2v) is 5.34. The van der Waals surface area contributed by atoms with Crippen molar-refractivity contribution in [3.63, 3.8) is 0 Å². The van der Waals surface area contributed by atoms with Crippen LogP contribution in [0, 0.1) is 0 Å². The maximum atomic E-state index is 5.79. The molecule has 1 saturated heterocycles. The van der Waals surface area contributed by atoms with E-state index in [2.05, 4.69) is 17.3 Å². The molecular formula is C16H26N2O2. The summed E-state index contributed by atoms with van der Waals surface area (Å²) in [6.45, 7) is 3.99. The molecule has 0 aromatic heterocycles. The zero-order valence-corrected chi connectivity index (χ0v) is 12.6. The molecule has 1 unspecified atom stereocenters. The number of hydrogen-bond acceptors (Lipinski definition) is 4. The van der Waals surface area contributed by atoms with Gasteiger partial charge in [-0.05, 0) is 63.7 Å². The molecule has 1 aliphatic rings. The van der Waals surface area contributed by atoms with Crippen LogP contribution in [0.3, 0.4) is 0 Å². The fourth-order valence-corrected chi connectivity index (χ4v) is 2.60. The average Bonchev–Trinajstić information content (AvgIpc) is 2.77. The summed E-state index contributed by atoms with van der Waals surface area (Å²) in [6, 6.07) is 8.44. The van der Waals surface area contributed by atoms with Crippen molar-refractivity contribution in [1.82, 2.24) is 10.2 Å². The van der Waals surface area contributed by atoms with Gasteiger partial charge >= 0.3 is 0 Å². The lowest BCUT2D eigenvalue weighted by molar-refractivity contribution is 0.180. The Morgan fingerprint density at radius 3 is 2.65 bits per heavy atom. The van der Waals surface area contributed by atoms with Crippen LogP contribution in [0.25, 0.3) is 0 Å². The minimum absolute atomic E-state index is 0.685. The van der Waals surface area contributed by atoms with Gasteiger partial charge in [0.15, 0.2) is 0 Å². The number of benzene rings is 1. The van der Waals surface area contributed by atoms with E-state index in [4.69, 9.17) is 9.47 Å². The van der Waals surface area contributed by atoms with E-state index in [1.54, 1.807) is 7.11 Å². The SMILES string of the molecule is COc1ccc(OCCN(C)C2CCCNCC2)cc1. The zero-order chi connectivity index (χ0) is 14.2. The third kappa shape index (κ3) is 4.69. The maximum absolute atomic E-state index is 5.79. The molecule has 0 amide bonds. The fourth-order valence-electron chi connectivity index (χ4n) is 2.60. The van der Waals surface area contributed by atoms with E-state index in [1.165, 1.54) is 19.3 Å². The molecule has 20 heavy (non-hydrogen) atoms. The van der Waals surface area contributed by atoms with Crippen LogP contribution in [-0.2, 0) is 0 Å². The molecule has 4 nitrogen and oxygen atoms in total. The molecule has 112 valence electrons. The molecule has 0 bridgehead atoms. The smallest absolute Gasteiger partial charge is 0.119 e. The molecular weight excluding hydrogens is 252 g/mol. The van der Waals surface area contributed by atoms with Gasteiger partial charge < -0.3 is 14.8 Å². The van der Waals surface area contributed by atoms with E-state index in [9.17, 15) is 0 Å². The highest BCUT2D eigenvalue weighted by molar-refractivity contribution is 5.31. The lowest BCUT2D eigenvalue weighted by Gasteiger charge is -2.26. The van der Waals surface area contributed by atoms with E-state index in [0.717, 1.165) is 37.7 Å². The zero-order valence-electron chi connectivity index (χ0n) is 12.6. The Kier molecular flexibility index (Phi) is 6.15. The number of ether oxygens (including phenoxy) is 2. The first-order valence-corrected chi connectivity index (χ1v) is 7.47. The van der Waals surface area contributed by atoms with Gasteiger partial charge in [-0.1, -0.05) is 0 Å². The quantitative estimate of drug-likeness (QED) is 0.864. The second-order valence-electron chi connectivity index (χ2n) is 5.34. The van der Waals surface area contributed by atoms with Crippen molar-refractivity contribution in [2.75, 3.05) is 40.4 Å². The number of rotatable bonds is 6. The van der Waals surface area contributed by atoms with Crippen molar-refractivity contribution < 1.29 is 9.47 Å². The molecule has 1 atom stereocenters. The summed E-state index contributed by atoms with van der Waals surface area (Å²) in [5, 5.41) is 3.46. The lowest BCUT2D eigenvalue weighted by atomic mass is 10.1. The van der Waals surface area contributed by atoms with Gasteiger partial charge in [-0.25, -0.2) is 0 Å². The van der Waals surface area contributed by atoms with E-state index < -0.39 is 0 Å². The number of nitrogens with zero attached hydrogens (tertiary/aromatic N) is 1. The van der Waals surface area contributed by atoms with Crippen LogP contribution in [0.5, 0.6) is 11.5 Å². The van der Waals surface area contributed by atoms with Crippen LogP contribution in [0.1, 0.15) is 19.3 Å². The molecule has 4 heteroatoms. The summed E-state index contributed by atoms with van der Waals surface area (Å²) in [5.41, 5.74) is 0. The maximum Gasteiger partial charge on any atom is 0.119 e. The molecule has 1 aliphatic heterocycles. The molecule has 1 heterocycles. The van der Waals surface area contributed by atoms with Gasteiger partial charge in [0.25, 0.3) is 0 Å². The standard InChI is InChI=1S/C16H26N2O2/c1-18(14-4-3-10-17-11-9-14)12-13-20-16-7-5-15(19-2)6-8-16/h5-8,14,17H,3-4,9-13H2,1-2H3. The third-order valence-electron chi connectivity index (χ3n) is 3.94. The second kappa shape index (κ2) is 8.12. The molecule has 1 N–H and O–H groups in total. The van der Waals surface area contributed by atoms with Gasteiger partial charge in [0, 0.05) is 12.6 Å². The van der Waals surface area contributed by atoms with Crippen molar-refractivity contribution in [2.45, 2.75) is 25.3 Å². The Morgan fingerprint density at radius 1 is 1.15 bits per heavy atom. The van der Waals surface area contributed by atoms with E-state index in [0.29, 0.717) is 6.04 Å². The molecule has 0 aliphatic carbocycles. The van der Waals surface area contributed by atoms with E-state index >= 15 is 0 Å². The van der Waals surface area contributed by atoms with Crippen LogP contribution < -0.4 is 14.8 Å². The molecule has 0 radical (unpaired) electrons. The van der Waals surface area contributed by atoms with Gasteiger partial charge in [-0.15, -0.1) is 0 Å². The summed E-state index contributed by atoms with van der Waals surface area (Å²) in [6.07, 6.45) is 3.79. The summed E-state index contributed by atoms with van der Waals surface area (Å²) < 4.78 is 10.9. The number of likely N-dealkylation sites (N-methyl/N-ethyl adjacent to an activating group) is 1. The minimum atomic E-state index is 0.685. The van der Waals surface area contributed by atoms with Crippen molar-refractivity contribution >= 4 is 0 Å². The van der Waals surface area contributed by atoms with Crippen molar-refractivity contribution in [1.29, 1.82) is 0 Å². The average molecular weight is 278 g/mol. The van der Waals surface area contributed by atoms with Crippen LogP contribution in [0.15, 0.2) is 24.3 Å². The monoisotopic (exact) mass is 278 g/mol. The topological polar surface area (TPSA) is 33.7 Å². The van der Waals surface area contributed by atoms with Gasteiger partial charge in [0.2, 0.25) is 0 Å². The lowest BCUT2D eigenvalue weighted by Crippen LogP contribution is -2.35. The normalized spacial score (nSPS) is 19.6. The Hall–Kier alpha value is -1.26. The van der Waals surface area contributed by atoms with Gasteiger partial charge in [0.1, 0.15) is 18.1 Å². The Labute approximate surface area is 122 Å². The van der Waals surface area contributed by atoms with Crippen molar-refractivity contribution in [3.05, 3.63) is 24.3 Å². The Balaban J connectivity index is 1.71. The largest absolute Gasteiger partial charge is 0.497 e. The molecule has 2 rings (SSSR count). The first-order valence-electron chi connectivity index (χ1n) is 7.47. The van der Waals surface area contributed by atoms with Crippen molar-refractivity contribution in [2.24, 2.45) is 0 Å². The molecule has 1 fully saturated rings. The first-order chi connectivity index (χ1) is 9.79. The third-order valence-corrected chi connectivity index (χ3v) is 3.94. The molecule has 1 aromatic carbocycles. The first kappa shape index (κ1) is 15.1. The summed E-state index contributed by atoms with van der Waals surface area (Å²) >= 11 is 0. The summed E-state index contributed by atoms with van der Waals surface area (Å²) in [7, 11) is 3.87. The van der Waals surface area contributed by atoms with Crippen LogP contribution in [-0.4, -0.2) is 51.3 Å². The summed E-state index contributed by atoms with van der Waals surface area (Å²) in [5.74, 6) is 1.77. The highest BCUT2D eigenvalue weighted by Gasteiger charge is 2.16. The van der Waals surface area contributed by atoms with Gasteiger partial charge in [0.05, 0.1) is 7.11 Å². The minimum Gasteiger partial charge on any atom is -0.497 e. The van der Waals surface area contributed by atoms with Crippen molar-refractivity contribution in [3.8, 4) is 11.5 Å². The Bertz CT molecular complexity index is 373. The van der Waals surface area contributed by atoms with Gasteiger partial charge in [-0.2, -0.15) is 0 Å². The van der Waals surface area contributed by atoms with E-state index in [-0.39, 0.29) is 0 Å². The predicted molar refractivity (Wildman–Crippen MR) is 81.6 cm³/mol. The fraction of sp³-hybridized carbons (Fsp3) is 0.625.